The van der Waals surface area contributed by atoms with Crippen molar-refractivity contribution in [1.29, 1.82) is 0 Å². The smallest absolute Gasteiger partial charge is 0.157 e. The van der Waals surface area contributed by atoms with Crippen LogP contribution in [0.1, 0.15) is 76.7 Å². The lowest BCUT2D eigenvalue weighted by Gasteiger charge is -2.22. The summed E-state index contributed by atoms with van der Waals surface area (Å²) in [6.45, 7) is 9.61. The molecule has 2 rings (SSSR count). The van der Waals surface area contributed by atoms with Crippen LogP contribution in [-0.4, -0.2) is 92.2 Å². The molecule has 0 bridgehead atoms. The Bertz CT molecular complexity index is 651. The molecule has 1 aliphatic rings. The Hall–Kier alpha value is -1.26. The summed E-state index contributed by atoms with van der Waals surface area (Å²) in [5, 5.41) is 0. The first kappa shape index (κ1) is 34.9. The number of benzene rings is 1. The second-order valence-electron chi connectivity index (χ2n) is 10.1. The third kappa shape index (κ3) is 20.6. The minimum Gasteiger partial charge on any atom is -0.491 e. The van der Waals surface area contributed by atoms with E-state index in [4.69, 9.17) is 37.9 Å². The van der Waals surface area contributed by atoms with Gasteiger partial charge >= 0.3 is 0 Å². The van der Waals surface area contributed by atoms with Crippen LogP contribution < -0.4 is 4.74 Å². The number of hydrogen-bond donors (Lipinski definition) is 0. The fourth-order valence-electron chi connectivity index (χ4n) is 4.32. The normalized spacial score (nSPS) is 15.5. The van der Waals surface area contributed by atoms with Crippen LogP contribution in [0.25, 0.3) is 0 Å². The van der Waals surface area contributed by atoms with Gasteiger partial charge in [0.2, 0.25) is 0 Å². The van der Waals surface area contributed by atoms with E-state index in [9.17, 15) is 0 Å². The standard InChI is InChI=1S/C32H56O8/c1-2-3-4-5-6-7-8-11-30-13-15-31(16-14-30)38-28-26-36-24-22-34-20-18-33-19-21-35-23-25-37-27-29-40-32-12-9-10-17-39-32/h13-16,32H,2-12,17-29H2,1H3. The van der Waals surface area contributed by atoms with Gasteiger partial charge in [0.25, 0.3) is 0 Å². The van der Waals surface area contributed by atoms with Crippen LogP contribution in [0.2, 0.25) is 0 Å². The molecule has 0 saturated carbocycles. The monoisotopic (exact) mass is 568 g/mol. The Morgan fingerprint density at radius 2 is 1.12 bits per heavy atom. The van der Waals surface area contributed by atoms with Crippen molar-refractivity contribution in [2.45, 2.75) is 83.8 Å². The zero-order valence-corrected chi connectivity index (χ0v) is 25.1. The molecule has 1 atom stereocenters. The van der Waals surface area contributed by atoms with Gasteiger partial charge in [0, 0.05) is 6.61 Å². The molecule has 1 saturated heterocycles. The Morgan fingerprint density at radius 1 is 0.600 bits per heavy atom. The third-order valence-electron chi connectivity index (χ3n) is 6.65. The largest absolute Gasteiger partial charge is 0.491 e. The lowest BCUT2D eigenvalue weighted by atomic mass is 10.0. The zero-order chi connectivity index (χ0) is 28.2. The van der Waals surface area contributed by atoms with E-state index in [1.807, 2.05) is 0 Å². The Kier molecular flexibility index (Phi) is 23.3. The maximum atomic E-state index is 5.77. The fraction of sp³-hybridized carbons (Fsp3) is 0.812. The van der Waals surface area contributed by atoms with Crippen molar-refractivity contribution in [3.63, 3.8) is 0 Å². The van der Waals surface area contributed by atoms with Crippen LogP contribution in [0, 0.1) is 0 Å². The first-order valence-electron chi connectivity index (χ1n) is 15.7. The molecule has 8 heteroatoms. The highest BCUT2D eigenvalue weighted by molar-refractivity contribution is 5.27. The number of hydrogen-bond acceptors (Lipinski definition) is 8. The molecule has 0 N–H and O–H groups in total. The Labute approximate surface area is 243 Å². The highest BCUT2D eigenvalue weighted by Crippen LogP contribution is 2.15. The molecular formula is C32H56O8. The van der Waals surface area contributed by atoms with Gasteiger partial charge in [0.1, 0.15) is 12.4 Å². The van der Waals surface area contributed by atoms with Crippen molar-refractivity contribution in [2.75, 3.05) is 85.9 Å². The minimum absolute atomic E-state index is 0.0556. The molecule has 1 aromatic rings. The molecule has 1 unspecified atom stereocenters. The second-order valence-corrected chi connectivity index (χ2v) is 10.1. The number of ether oxygens (including phenoxy) is 8. The quantitative estimate of drug-likeness (QED) is 0.114. The van der Waals surface area contributed by atoms with Gasteiger partial charge in [-0.2, -0.15) is 0 Å². The van der Waals surface area contributed by atoms with E-state index in [0.717, 1.165) is 31.6 Å². The summed E-state index contributed by atoms with van der Waals surface area (Å²) in [5.74, 6) is 0.895. The van der Waals surface area contributed by atoms with Crippen LogP contribution in [0.5, 0.6) is 5.75 Å². The summed E-state index contributed by atoms with van der Waals surface area (Å²) in [6, 6.07) is 8.47. The lowest BCUT2D eigenvalue weighted by Crippen LogP contribution is -2.24. The van der Waals surface area contributed by atoms with Gasteiger partial charge in [-0.1, -0.05) is 57.6 Å². The number of rotatable bonds is 28. The average Bonchev–Trinajstić information content (AvgIpc) is 2.99. The van der Waals surface area contributed by atoms with Crippen LogP contribution in [0.15, 0.2) is 24.3 Å². The van der Waals surface area contributed by atoms with Crippen molar-refractivity contribution < 1.29 is 37.9 Å². The van der Waals surface area contributed by atoms with Gasteiger partial charge in [-0.05, 0) is 49.8 Å². The molecule has 232 valence electrons. The summed E-state index contributed by atoms with van der Waals surface area (Å²) in [6.07, 6.45) is 13.8. The van der Waals surface area contributed by atoms with E-state index in [-0.39, 0.29) is 6.29 Å². The van der Waals surface area contributed by atoms with Crippen LogP contribution in [0.4, 0.5) is 0 Å². The van der Waals surface area contributed by atoms with Crippen LogP contribution in [0.3, 0.4) is 0 Å². The lowest BCUT2D eigenvalue weighted by molar-refractivity contribution is -0.169. The Balaban J connectivity index is 1.24. The van der Waals surface area contributed by atoms with Gasteiger partial charge in [-0.25, -0.2) is 0 Å². The highest BCUT2D eigenvalue weighted by Gasteiger charge is 2.13. The Morgan fingerprint density at radius 3 is 1.68 bits per heavy atom. The summed E-state index contributed by atoms with van der Waals surface area (Å²) in [7, 11) is 0. The molecule has 1 aromatic carbocycles. The molecule has 1 heterocycles. The predicted octanol–water partition coefficient (Wildman–Crippen LogP) is 5.98. The molecule has 0 aliphatic carbocycles. The summed E-state index contributed by atoms with van der Waals surface area (Å²) in [5.41, 5.74) is 1.39. The van der Waals surface area contributed by atoms with E-state index in [2.05, 4.69) is 31.2 Å². The molecule has 8 nitrogen and oxygen atoms in total. The molecule has 0 radical (unpaired) electrons. The maximum absolute atomic E-state index is 5.77. The van der Waals surface area contributed by atoms with Crippen molar-refractivity contribution in [1.82, 2.24) is 0 Å². The maximum Gasteiger partial charge on any atom is 0.157 e. The first-order chi connectivity index (χ1) is 19.9. The topological polar surface area (TPSA) is 73.8 Å². The van der Waals surface area contributed by atoms with E-state index >= 15 is 0 Å². The van der Waals surface area contributed by atoms with Crippen molar-refractivity contribution in [3.05, 3.63) is 29.8 Å². The number of aryl methyl sites for hydroxylation is 1. The average molecular weight is 569 g/mol. The second kappa shape index (κ2) is 26.6. The third-order valence-corrected chi connectivity index (χ3v) is 6.65. The molecule has 1 fully saturated rings. The van der Waals surface area contributed by atoms with Crippen molar-refractivity contribution in [3.8, 4) is 5.75 Å². The van der Waals surface area contributed by atoms with Gasteiger partial charge in [0.15, 0.2) is 6.29 Å². The van der Waals surface area contributed by atoms with Gasteiger partial charge in [-0.3, -0.25) is 0 Å². The van der Waals surface area contributed by atoms with E-state index < -0.39 is 0 Å². The summed E-state index contributed by atoms with van der Waals surface area (Å²) in [4.78, 5) is 0. The van der Waals surface area contributed by atoms with E-state index in [1.54, 1.807) is 0 Å². The summed E-state index contributed by atoms with van der Waals surface area (Å²) < 4.78 is 44.5. The molecule has 0 amide bonds. The molecule has 0 aromatic heterocycles. The van der Waals surface area contributed by atoms with Gasteiger partial charge < -0.3 is 37.9 Å². The van der Waals surface area contributed by atoms with Crippen molar-refractivity contribution in [2.24, 2.45) is 0 Å². The minimum atomic E-state index is -0.0556. The molecule has 0 spiro atoms. The molecule has 40 heavy (non-hydrogen) atoms. The first-order valence-corrected chi connectivity index (χ1v) is 15.7. The molecular weight excluding hydrogens is 512 g/mol. The van der Waals surface area contributed by atoms with Crippen LogP contribution >= 0.6 is 0 Å². The predicted molar refractivity (Wildman–Crippen MR) is 157 cm³/mol. The van der Waals surface area contributed by atoms with Gasteiger partial charge in [0.05, 0.1) is 72.7 Å². The molecule has 1 aliphatic heterocycles. The zero-order valence-electron chi connectivity index (χ0n) is 25.1. The highest BCUT2D eigenvalue weighted by atomic mass is 16.7. The van der Waals surface area contributed by atoms with Crippen LogP contribution in [-0.2, 0) is 39.6 Å². The van der Waals surface area contributed by atoms with E-state index in [1.165, 1.54) is 56.9 Å². The van der Waals surface area contributed by atoms with Crippen molar-refractivity contribution >= 4 is 0 Å². The fourth-order valence-corrected chi connectivity index (χ4v) is 4.32. The SMILES string of the molecule is CCCCCCCCCc1ccc(OCCOCCOCCOCCOCCOCCOC2CCCCO2)cc1. The summed E-state index contributed by atoms with van der Waals surface area (Å²) >= 11 is 0. The van der Waals surface area contributed by atoms with E-state index in [0.29, 0.717) is 79.3 Å². The number of unbranched alkanes of at least 4 members (excludes halogenated alkanes) is 6. The van der Waals surface area contributed by atoms with Gasteiger partial charge in [-0.15, -0.1) is 0 Å².